The van der Waals surface area contributed by atoms with Gasteiger partial charge >= 0.3 is 0 Å². The molecule has 0 fully saturated rings. The van der Waals surface area contributed by atoms with Crippen molar-refractivity contribution in [3.8, 4) is 22.8 Å². The number of pyridine rings is 2. The summed E-state index contributed by atoms with van der Waals surface area (Å²) in [5.74, 6) is -1.23. The summed E-state index contributed by atoms with van der Waals surface area (Å²) < 4.78 is 27.3. The van der Waals surface area contributed by atoms with E-state index in [0.717, 1.165) is 35.3 Å². The molecule has 0 spiro atoms. The minimum absolute atomic E-state index is 0.0604. The number of aromatic nitrogens is 2. The molecule has 2 N–H and O–H groups in total. The van der Waals surface area contributed by atoms with Gasteiger partial charge < -0.3 is 15.1 Å². The largest absolute Gasteiger partial charge is 0.504 e. The third-order valence-electron chi connectivity index (χ3n) is 6.15. The van der Waals surface area contributed by atoms with Crippen LogP contribution in [-0.4, -0.2) is 35.6 Å². The lowest BCUT2D eigenvalue weighted by Gasteiger charge is -2.25. The Bertz CT molecular complexity index is 1470. The van der Waals surface area contributed by atoms with Gasteiger partial charge in [0.15, 0.2) is 10.6 Å². The van der Waals surface area contributed by atoms with Gasteiger partial charge in [0.1, 0.15) is 5.69 Å². The number of hydrogen-bond acceptors (Lipinski definition) is 7. The van der Waals surface area contributed by atoms with Gasteiger partial charge in [-0.1, -0.05) is 49.7 Å². The van der Waals surface area contributed by atoms with E-state index in [1.807, 2.05) is 56.3 Å². The third-order valence-corrected chi connectivity index (χ3v) is 7.96. The van der Waals surface area contributed by atoms with E-state index in [-0.39, 0.29) is 10.6 Å². The predicted octanol–water partition coefficient (Wildman–Crippen LogP) is 5.81. The lowest BCUT2D eigenvalue weighted by atomic mass is 10.1. The van der Waals surface area contributed by atoms with Crippen LogP contribution in [0.5, 0.6) is 11.6 Å². The Hall–Kier alpha value is -3.91. The molecule has 4 aromatic rings. The van der Waals surface area contributed by atoms with Crippen LogP contribution in [-0.2, 0) is 16.3 Å². The van der Waals surface area contributed by atoms with Crippen LogP contribution in [0, 0.1) is 6.92 Å². The highest BCUT2D eigenvalue weighted by molar-refractivity contribution is 7.91. The first-order chi connectivity index (χ1) is 17.3. The maximum atomic E-state index is 13.6. The second kappa shape index (κ2) is 10.4. The molecule has 0 radical (unpaired) electrons. The number of sulfone groups is 1. The van der Waals surface area contributed by atoms with E-state index in [9.17, 15) is 18.6 Å². The first-order valence-electron chi connectivity index (χ1n) is 11.8. The Labute approximate surface area is 211 Å². The van der Waals surface area contributed by atoms with E-state index in [1.54, 1.807) is 30.3 Å². The van der Waals surface area contributed by atoms with Crippen LogP contribution in [0.15, 0.2) is 82.7 Å². The minimum atomic E-state index is -4.29. The van der Waals surface area contributed by atoms with Crippen LogP contribution >= 0.6 is 0 Å². The molecule has 0 aliphatic carbocycles. The summed E-state index contributed by atoms with van der Waals surface area (Å²) >= 11 is 0. The molecule has 7 nitrogen and oxygen atoms in total. The topological polar surface area (TPSA) is 104 Å². The van der Waals surface area contributed by atoms with E-state index in [2.05, 4.69) is 9.97 Å². The van der Waals surface area contributed by atoms with Crippen LogP contribution in [0.3, 0.4) is 0 Å². The number of nitrogens with zero attached hydrogens (tertiary/aromatic N) is 3. The zero-order valence-corrected chi connectivity index (χ0v) is 21.3. The Kier molecular flexibility index (Phi) is 7.26. The van der Waals surface area contributed by atoms with Gasteiger partial charge in [-0.25, -0.2) is 13.4 Å². The Morgan fingerprint density at radius 1 is 0.944 bits per heavy atom. The Morgan fingerprint density at radius 2 is 1.64 bits per heavy atom. The zero-order chi connectivity index (χ0) is 25.9. The molecule has 0 atom stereocenters. The van der Waals surface area contributed by atoms with Crippen LogP contribution in [0.1, 0.15) is 31.2 Å². The van der Waals surface area contributed by atoms with Gasteiger partial charge in [-0.3, -0.25) is 4.98 Å². The number of para-hydroxylation sites is 1. The number of rotatable bonds is 8. The Morgan fingerprint density at radius 3 is 2.28 bits per heavy atom. The van der Waals surface area contributed by atoms with Crippen molar-refractivity contribution in [2.75, 3.05) is 11.9 Å². The van der Waals surface area contributed by atoms with Crippen molar-refractivity contribution in [1.29, 1.82) is 0 Å². The van der Waals surface area contributed by atoms with Crippen LogP contribution in [0.25, 0.3) is 11.1 Å². The molecular weight excluding hydrogens is 474 g/mol. The average molecular weight is 504 g/mol. The molecule has 4 rings (SSSR count). The quantitative estimate of drug-likeness (QED) is 0.313. The molecule has 0 unspecified atom stereocenters. The van der Waals surface area contributed by atoms with Crippen molar-refractivity contribution >= 4 is 21.2 Å². The monoisotopic (exact) mass is 503 g/mol. The summed E-state index contributed by atoms with van der Waals surface area (Å²) in [4.78, 5) is 9.56. The number of benzene rings is 2. The van der Waals surface area contributed by atoms with E-state index >= 15 is 0 Å². The highest BCUT2D eigenvalue weighted by Crippen LogP contribution is 2.45. The summed E-state index contributed by atoms with van der Waals surface area (Å²) in [5, 5.41) is 22.1. The molecule has 0 aliphatic rings. The van der Waals surface area contributed by atoms with Crippen molar-refractivity contribution in [3.63, 3.8) is 0 Å². The lowest BCUT2D eigenvalue weighted by molar-refractivity contribution is 0.405. The third kappa shape index (κ3) is 4.77. The van der Waals surface area contributed by atoms with Crippen molar-refractivity contribution in [3.05, 3.63) is 84.3 Å². The number of aryl methyl sites for hydroxylation is 2. The van der Waals surface area contributed by atoms with Crippen LogP contribution < -0.4 is 4.90 Å². The van der Waals surface area contributed by atoms with Gasteiger partial charge in [-0.15, -0.1) is 0 Å². The summed E-state index contributed by atoms with van der Waals surface area (Å²) in [7, 11) is -2.55. The fourth-order valence-electron chi connectivity index (χ4n) is 4.20. The normalized spacial score (nSPS) is 11.4. The maximum absolute atomic E-state index is 13.6. The number of unbranched alkanes of at least 4 members (excludes halogenated alkanes) is 1. The van der Waals surface area contributed by atoms with Crippen molar-refractivity contribution in [2.45, 2.75) is 42.9 Å². The molecule has 36 heavy (non-hydrogen) atoms. The number of hydrogen-bond donors (Lipinski definition) is 2. The molecule has 2 aromatic carbocycles. The van der Waals surface area contributed by atoms with E-state index in [0.29, 0.717) is 12.1 Å². The fraction of sp³-hybridized carbons (Fsp3) is 0.214. The highest BCUT2D eigenvalue weighted by Gasteiger charge is 2.32. The number of anilines is 2. The van der Waals surface area contributed by atoms with Gasteiger partial charge in [0, 0.05) is 30.2 Å². The van der Waals surface area contributed by atoms with Gasteiger partial charge in [-0.2, -0.15) is 0 Å². The van der Waals surface area contributed by atoms with E-state index in [1.165, 1.54) is 12.1 Å². The van der Waals surface area contributed by atoms with Gasteiger partial charge in [0.05, 0.1) is 10.6 Å². The van der Waals surface area contributed by atoms with Crippen molar-refractivity contribution in [2.24, 2.45) is 0 Å². The molecule has 186 valence electrons. The molecule has 2 heterocycles. The molecule has 0 saturated heterocycles. The summed E-state index contributed by atoms with van der Waals surface area (Å²) in [5.41, 5.74) is 3.96. The predicted molar refractivity (Wildman–Crippen MR) is 141 cm³/mol. The maximum Gasteiger partial charge on any atom is 0.234 e. The summed E-state index contributed by atoms with van der Waals surface area (Å²) in [6, 6.07) is 19.3. The van der Waals surface area contributed by atoms with E-state index in [4.69, 9.17) is 0 Å². The van der Waals surface area contributed by atoms with Crippen LogP contribution in [0.2, 0.25) is 0 Å². The van der Waals surface area contributed by atoms with E-state index < -0.39 is 26.4 Å². The van der Waals surface area contributed by atoms with Crippen molar-refractivity contribution in [1.82, 2.24) is 9.97 Å². The molecule has 0 saturated carbocycles. The molecule has 0 bridgehead atoms. The van der Waals surface area contributed by atoms with Gasteiger partial charge in [0.2, 0.25) is 15.7 Å². The van der Waals surface area contributed by atoms with Crippen molar-refractivity contribution < 1.29 is 18.6 Å². The molecule has 0 amide bonds. The zero-order valence-electron chi connectivity index (χ0n) is 20.5. The SMILES string of the molecule is CCCCc1nc(O)c(S(=O)(=O)c2ccc(-c3cccnc3C)cc2)c(O)c1N(C)c1ccccc1. The standard InChI is InChI=1S/C28H29N3O4S/c1-4-5-13-24-25(31(3)21-10-7-6-8-11-21)26(32)27(28(33)30-24)36(34,35)22-16-14-20(15-17-22)23-12-9-18-29-19(23)2/h6-12,14-18H,4-5,13H2,1-3H3,(H2,30,32,33). The number of aromatic hydroxyl groups is 2. The molecule has 8 heteroatoms. The second-order valence-corrected chi connectivity index (χ2v) is 10.5. The molecule has 2 aromatic heterocycles. The van der Waals surface area contributed by atoms with Gasteiger partial charge in [-0.05, 0) is 55.7 Å². The highest BCUT2D eigenvalue weighted by atomic mass is 32.2. The Balaban J connectivity index is 1.83. The van der Waals surface area contributed by atoms with Gasteiger partial charge in [0.25, 0.3) is 0 Å². The first kappa shape index (κ1) is 25.2. The minimum Gasteiger partial charge on any atom is -0.504 e. The smallest absolute Gasteiger partial charge is 0.234 e. The summed E-state index contributed by atoms with van der Waals surface area (Å²) in [6.07, 6.45) is 3.82. The fourth-order valence-corrected chi connectivity index (χ4v) is 5.57. The first-order valence-corrected chi connectivity index (χ1v) is 13.2. The average Bonchev–Trinajstić information content (AvgIpc) is 2.87. The molecular formula is C28H29N3O4S. The molecule has 0 aliphatic heterocycles. The van der Waals surface area contributed by atoms with Crippen LogP contribution in [0.4, 0.5) is 11.4 Å². The second-order valence-electron chi connectivity index (χ2n) is 8.57. The lowest BCUT2D eigenvalue weighted by Crippen LogP contribution is -2.15. The summed E-state index contributed by atoms with van der Waals surface area (Å²) in [6.45, 7) is 3.91.